The molecule has 2 N–H and O–H groups in total. The van der Waals surface area contributed by atoms with E-state index in [9.17, 15) is 17.2 Å². The van der Waals surface area contributed by atoms with E-state index in [4.69, 9.17) is 0 Å². The van der Waals surface area contributed by atoms with Crippen LogP contribution in [0.1, 0.15) is 6.92 Å². The Labute approximate surface area is 99.1 Å². The fourth-order valence-electron chi connectivity index (χ4n) is 1.26. The Balaban J connectivity index is 2.83. The zero-order chi connectivity index (χ0) is 12.9. The summed E-state index contributed by atoms with van der Waals surface area (Å²) in [5, 5.41) is 2.89. The van der Waals surface area contributed by atoms with Gasteiger partial charge in [0, 0.05) is 13.1 Å². The van der Waals surface area contributed by atoms with Crippen LogP contribution in [0.5, 0.6) is 0 Å². The summed E-state index contributed by atoms with van der Waals surface area (Å²) in [5.41, 5.74) is 0. The smallest absolute Gasteiger partial charge is 0.246 e. The van der Waals surface area contributed by atoms with E-state index >= 15 is 0 Å². The van der Waals surface area contributed by atoms with Crippen molar-refractivity contribution in [1.82, 2.24) is 10.0 Å². The van der Waals surface area contributed by atoms with Crippen molar-refractivity contribution in [3.63, 3.8) is 0 Å². The second kappa shape index (κ2) is 6.04. The molecule has 0 atom stereocenters. The maximum Gasteiger partial charge on any atom is 0.246 e. The number of hydrogen-bond acceptors (Lipinski definition) is 3. The Bertz CT molecular complexity index is 457. The summed E-state index contributed by atoms with van der Waals surface area (Å²) in [4.78, 5) is -0.934. The van der Waals surface area contributed by atoms with Gasteiger partial charge in [-0.25, -0.2) is 21.9 Å². The van der Waals surface area contributed by atoms with Crippen molar-refractivity contribution >= 4 is 10.0 Å². The lowest BCUT2D eigenvalue weighted by Gasteiger charge is -2.08. The van der Waals surface area contributed by atoms with Gasteiger partial charge in [-0.1, -0.05) is 13.0 Å². The first-order valence-electron chi connectivity index (χ1n) is 5.13. The van der Waals surface area contributed by atoms with Gasteiger partial charge in [0.05, 0.1) is 0 Å². The second-order valence-electron chi connectivity index (χ2n) is 3.30. The van der Waals surface area contributed by atoms with Crippen molar-refractivity contribution in [2.45, 2.75) is 11.8 Å². The topological polar surface area (TPSA) is 58.2 Å². The number of benzene rings is 1. The SMILES string of the molecule is CCNCCNS(=O)(=O)c1c(F)cccc1F. The minimum atomic E-state index is -4.14. The Morgan fingerprint density at radius 2 is 1.76 bits per heavy atom. The van der Waals surface area contributed by atoms with Crippen LogP contribution in [0.3, 0.4) is 0 Å². The zero-order valence-corrected chi connectivity index (χ0v) is 10.2. The highest BCUT2D eigenvalue weighted by Gasteiger charge is 2.22. The molecule has 0 unspecified atom stereocenters. The molecule has 0 spiro atoms. The molecule has 96 valence electrons. The van der Waals surface area contributed by atoms with E-state index in [0.29, 0.717) is 13.1 Å². The lowest BCUT2D eigenvalue weighted by Crippen LogP contribution is -2.32. The van der Waals surface area contributed by atoms with Gasteiger partial charge in [-0.2, -0.15) is 0 Å². The molecule has 0 saturated heterocycles. The molecule has 17 heavy (non-hydrogen) atoms. The molecule has 4 nitrogen and oxygen atoms in total. The minimum absolute atomic E-state index is 0.0734. The van der Waals surface area contributed by atoms with Crippen LogP contribution in [-0.2, 0) is 10.0 Å². The third-order valence-electron chi connectivity index (χ3n) is 2.03. The van der Waals surface area contributed by atoms with E-state index in [1.807, 2.05) is 6.92 Å². The van der Waals surface area contributed by atoms with Gasteiger partial charge in [0.15, 0.2) is 4.90 Å². The van der Waals surface area contributed by atoms with Crippen molar-refractivity contribution in [2.24, 2.45) is 0 Å². The highest BCUT2D eigenvalue weighted by molar-refractivity contribution is 7.89. The first-order valence-corrected chi connectivity index (χ1v) is 6.61. The van der Waals surface area contributed by atoms with E-state index in [-0.39, 0.29) is 6.54 Å². The molecule has 0 aromatic heterocycles. The van der Waals surface area contributed by atoms with E-state index in [1.54, 1.807) is 0 Å². The van der Waals surface area contributed by atoms with Gasteiger partial charge >= 0.3 is 0 Å². The third kappa shape index (κ3) is 3.72. The average Bonchev–Trinajstić information content (AvgIpc) is 2.24. The van der Waals surface area contributed by atoms with Crippen LogP contribution < -0.4 is 10.0 Å². The van der Waals surface area contributed by atoms with Gasteiger partial charge in [0.25, 0.3) is 0 Å². The monoisotopic (exact) mass is 264 g/mol. The first kappa shape index (κ1) is 14.0. The number of rotatable bonds is 6. The molecule has 1 aromatic carbocycles. The fraction of sp³-hybridized carbons (Fsp3) is 0.400. The standard InChI is InChI=1S/C10H14F2N2O2S/c1-2-13-6-7-14-17(15,16)10-8(11)4-3-5-9(10)12/h3-5,13-14H,2,6-7H2,1H3. The molecule has 0 amide bonds. The summed E-state index contributed by atoms with van der Waals surface area (Å²) in [5.74, 6) is -2.19. The summed E-state index contributed by atoms with van der Waals surface area (Å²) >= 11 is 0. The molecule has 1 rings (SSSR count). The maximum atomic E-state index is 13.2. The van der Waals surface area contributed by atoms with Crippen LogP contribution in [0.15, 0.2) is 23.1 Å². The molecule has 0 aliphatic carbocycles. The van der Waals surface area contributed by atoms with Gasteiger partial charge in [-0.15, -0.1) is 0 Å². The lowest BCUT2D eigenvalue weighted by molar-refractivity contribution is 0.513. The fourth-order valence-corrected chi connectivity index (χ4v) is 2.43. The molecule has 0 bridgehead atoms. The number of halogens is 2. The molecule has 7 heteroatoms. The highest BCUT2D eigenvalue weighted by Crippen LogP contribution is 2.17. The average molecular weight is 264 g/mol. The summed E-state index contributed by atoms with van der Waals surface area (Å²) in [6.07, 6.45) is 0. The van der Waals surface area contributed by atoms with E-state index in [1.165, 1.54) is 0 Å². The largest absolute Gasteiger partial charge is 0.316 e. The predicted molar refractivity (Wildman–Crippen MR) is 60.1 cm³/mol. The van der Waals surface area contributed by atoms with Gasteiger partial charge < -0.3 is 5.32 Å². The Morgan fingerprint density at radius 3 is 2.29 bits per heavy atom. The second-order valence-corrected chi connectivity index (χ2v) is 5.01. The number of nitrogens with one attached hydrogen (secondary N) is 2. The summed E-state index contributed by atoms with van der Waals surface area (Å²) < 4.78 is 51.9. The third-order valence-corrected chi connectivity index (χ3v) is 3.54. The van der Waals surface area contributed by atoms with Crippen LogP contribution >= 0.6 is 0 Å². The molecule has 0 fully saturated rings. The van der Waals surface area contributed by atoms with Gasteiger partial charge in [0.1, 0.15) is 11.6 Å². The van der Waals surface area contributed by atoms with E-state index in [2.05, 4.69) is 10.0 Å². The van der Waals surface area contributed by atoms with E-state index in [0.717, 1.165) is 18.2 Å². The van der Waals surface area contributed by atoms with Gasteiger partial charge in [-0.3, -0.25) is 0 Å². The zero-order valence-electron chi connectivity index (χ0n) is 9.33. The summed E-state index contributed by atoms with van der Waals surface area (Å²) in [6, 6.07) is 2.92. The van der Waals surface area contributed by atoms with Crippen molar-refractivity contribution in [3.05, 3.63) is 29.8 Å². The summed E-state index contributed by atoms with van der Waals surface area (Å²) in [6.45, 7) is 3.02. The Morgan fingerprint density at radius 1 is 1.18 bits per heavy atom. The van der Waals surface area contributed by atoms with Crippen LogP contribution in [0.4, 0.5) is 8.78 Å². The highest BCUT2D eigenvalue weighted by atomic mass is 32.2. The molecule has 0 aliphatic rings. The normalized spacial score (nSPS) is 11.7. The number of sulfonamides is 1. The van der Waals surface area contributed by atoms with Gasteiger partial charge in [0.2, 0.25) is 10.0 Å². The van der Waals surface area contributed by atoms with Crippen LogP contribution in [0, 0.1) is 11.6 Å². The lowest BCUT2D eigenvalue weighted by atomic mass is 10.3. The van der Waals surface area contributed by atoms with Crippen molar-refractivity contribution in [3.8, 4) is 0 Å². The van der Waals surface area contributed by atoms with Crippen LogP contribution in [0.25, 0.3) is 0 Å². The first-order chi connectivity index (χ1) is 7.99. The van der Waals surface area contributed by atoms with Crippen molar-refractivity contribution in [2.75, 3.05) is 19.6 Å². The predicted octanol–water partition coefficient (Wildman–Crippen LogP) is 0.853. The molecule has 0 heterocycles. The molecule has 0 radical (unpaired) electrons. The number of likely N-dealkylation sites (N-methyl/N-ethyl adjacent to an activating group) is 1. The molecular formula is C10H14F2N2O2S. The summed E-state index contributed by atoms with van der Waals surface area (Å²) in [7, 11) is -4.14. The van der Waals surface area contributed by atoms with Crippen molar-refractivity contribution < 1.29 is 17.2 Å². The van der Waals surface area contributed by atoms with E-state index < -0.39 is 26.6 Å². The Hall–Kier alpha value is -1.05. The molecule has 1 aromatic rings. The maximum absolute atomic E-state index is 13.2. The Kier molecular flexibility index (Phi) is 4.98. The quantitative estimate of drug-likeness (QED) is 0.749. The van der Waals surface area contributed by atoms with Crippen LogP contribution in [-0.4, -0.2) is 28.1 Å². The minimum Gasteiger partial charge on any atom is -0.316 e. The van der Waals surface area contributed by atoms with Gasteiger partial charge in [-0.05, 0) is 18.7 Å². The molecule has 0 saturated carbocycles. The molecular weight excluding hydrogens is 250 g/mol. The molecule has 0 aliphatic heterocycles. The van der Waals surface area contributed by atoms with Crippen molar-refractivity contribution in [1.29, 1.82) is 0 Å². The van der Waals surface area contributed by atoms with Crippen LogP contribution in [0.2, 0.25) is 0 Å². The number of hydrogen-bond donors (Lipinski definition) is 2.